The van der Waals surface area contributed by atoms with Gasteiger partial charge >= 0.3 is 6.18 Å². The molecule has 0 amide bonds. The van der Waals surface area contributed by atoms with Gasteiger partial charge in [0, 0.05) is 38.6 Å². The van der Waals surface area contributed by atoms with Gasteiger partial charge in [-0.05, 0) is 24.1 Å². The van der Waals surface area contributed by atoms with E-state index in [-0.39, 0.29) is 18.3 Å². The quantitative estimate of drug-likeness (QED) is 0.857. The summed E-state index contributed by atoms with van der Waals surface area (Å²) in [6.45, 7) is 2.95. The Balaban J connectivity index is 2.12. The lowest BCUT2D eigenvalue weighted by Gasteiger charge is -2.35. The van der Waals surface area contributed by atoms with Crippen LogP contribution < -0.4 is 5.32 Å². The molecular formula is C14H18F4N2. The molecule has 0 radical (unpaired) electrons. The van der Waals surface area contributed by atoms with Crippen molar-refractivity contribution in [3.8, 4) is 0 Å². The number of alkyl halides is 3. The zero-order valence-corrected chi connectivity index (χ0v) is 11.1. The van der Waals surface area contributed by atoms with Gasteiger partial charge in [-0.3, -0.25) is 4.90 Å². The molecule has 1 aromatic carbocycles. The molecule has 1 N–H and O–H groups in total. The van der Waals surface area contributed by atoms with Crippen LogP contribution in [0.15, 0.2) is 24.3 Å². The summed E-state index contributed by atoms with van der Waals surface area (Å²) in [7, 11) is 0. The van der Waals surface area contributed by atoms with Crippen molar-refractivity contribution in [3.63, 3.8) is 0 Å². The van der Waals surface area contributed by atoms with E-state index < -0.39 is 12.6 Å². The molecule has 1 fully saturated rings. The standard InChI is InChI=1S/C14H18F4N2/c15-12-3-1-11(2-4-12)13(5-6-14(16,17)18)20-9-7-19-8-10-20/h1-4,13,19H,5-10H2/t13-/m0/s1. The largest absolute Gasteiger partial charge is 0.389 e. The number of nitrogens with zero attached hydrogens (tertiary/aromatic N) is 1. The van der Waals surface area contributed by atoms with Crippen LogP contribution in [0.1, 0.15) is 24.4 Å². The van der Waals surface area contributed by atoms with E-state index in [0.717, 1.165) is 18.7 Å². The highest BCUT2D eigenvalue weighted by atomic mass is 19.4. The Morgan fingerprint density at radius 3 is 2.25 bits per heavy atom. The van der Waals surface area contributed by atoms with Crippen molar-refractivity contribution in [2.24, 2.45) is 0 Å². The molecule has 1 heterocycles. The average molecular weight is 290 g/mol. The van der Waals surface area contributed by atoms with Gasteiger partial charge < -0.3 is 5.32 Å². The number of halogens is 4. The molecular weight excluding hydrogens is 272 g/mol. The molecule has 0 spiro atoms. The monoisotopic (exact) mass is 290 g/mol. The highest BCUT2D eigenvalue weighted by Gasteiger charge is 2.31. The van der Waals surface area contributed by atoms with E-state index in [9.17, 15) is 17.6 Å². The molecule has 2 nitrogen and oxygen atoms in total. The molecule has 20 heavy (non-hydrogen) atoms. The minimum absolute atomic E-state index is 0.00906. The summed E-state index contributed by atoms with van der Waals surface area (Å²) in [5, 5.41) is 3.18. The van der Waals surface area contributed by atoms with Crippen LogP contribution in [0.2, 0.25) is 0 Å². The SMILES string of the molecule is Fc1ccc([C@H](CCC(F)(F)F)N2CCNCC2)cc1. The zero-order valence-electron chi connectivity index (χ0n) is 11.1. The second-order valence-electron chi connectivity index (χ2n) is 5.01. The Bertz CT molecular complexity index is 410. The normalized spacial score (nSPS) is 19.0. The number of hydrogen-bond donors (Lipinski definition) is 1. The van der Waals surface area contributed by atoms with Gasteiger partial charge in [-0.1, -0.05) is 12.1 Å². The second-order valence-corrected chi connectivity index (χ2v) is 5.01. The lowest BCUT2D eigenvalue weighted by Crippen LogP contribution is -2.45. The molecule has 0 saturated carbocycles. The van der Waals surface area contributed by atoms with Crippen molar-refractivity contribution in [1.82, 2.24) is 10.2 Å². The summed E-state index contributed by atoms with van der Waals surface area (Å²) in [6, 6.07) is 5.46. The first-order valence-corrected chi connectivity index (χ1v) is 6.73. The molecule has 0 bridgehead atoms. The summed E-state index contributed by atoms with van der Waals surface area (Å²) in [4.78, 5) is 2.04. The molecule has 0 aromatic heterocycles. The molecule has 2 rings (SSSR count). The highest BCUT2D eigenvalue weighted by molar-refractivity contribution is 5.20. The maximum absolute atomic E-state index is 13.0. The Morgan fingerprint density at radius 2 is 1.70 bits per heavy atom. The van der Waals surface area contributed by atoms with Crippen LogP contribution in [-0.4, -0.2) is 37.3 Å². The number of rotatable bonds is 4. The molecule has 1 aliphatic rings. The van der Waals surface area contributed by atoms with Crippen LogP contribution in [0.3, 0.4) is 0 Å². The van der Waals surface area contributed by atoms with E-state index in [4.69, 9.17) is 0 Å². The first-order valence-electron chi connectivity index (χ1n) is 6.73. The summed E-state index contributed by atoms with van der Waals surface area (Å²) in [5.74, 6) is -0.372. The van der Waals surface area contributed by atoms with E-state index in [1.165, 1.54) is 12.1 Å². The fraction of sp³-hybridized carbons (Fsp3) is 0.571. The maximum Gasteiger partial charge on any atom is 0.389 e. The van der Waals surface area contributed by atoms with Crippen molar-refractivity contribution < 1.29 is 17.6 Å². The van der Waals surface area contributed by atoms with Gasteiger partial charge in [0.05, 0.1) is 0 Å². The Labute approximate surface area is 115 Å². The Kier molecular flexibility index (Phi) is 4.99. The van der Waals surface area contributed by atoms with Gasteiger partial charge in [0.1, 0.15) is 5.82 Å². The predicted molar refractivity (Wildman–Crippen MR) is 68.9 cm³/mol. The first kappa shape index (κ1) is 15.3. The fourth-order valence-electron chi connectivity index (χ4n) is 2.54. The maximum atomic E-state index is 13.0. The van der Waals surface area contributed by atoms with Crippen LogP contribution in [-0.2, 0) is 0 Å². The third kappa shape index (κ3) is 4.45. The number of hydrogen-bond acceptors (Lipinski definition) is 2. The van der Waals surface area contributed by atoms with Crippen LogP contribution in [0.4, 0.5) is 17.6 Å². The molecule has 0 aliphatic carbocycles. The van der Waals surface area contributed by atoms with Gasteiger partial charge in [-0.15, -0.1) is 0 Å². The van der Waals surface area contributed by atoms with Crippen LogP contribution >= 0.6 is 0 Å². The average Bonchev–Trinajstić information content (AvgIpc) is 2.41. The minimum atomic E-state index is -4.16. The lowest BCUT2D eigenvalue weighted by molar-refractivity contribution is -0.138. The van der Waals surface area contributed by atoms with Crippen molar-refractivity contribution in [1.29, 1.82) is 0 Å². The number of piperazine rings is 1. The first-order chi connectivity index (χ1) is 9.46. The third-order valence-electron chi connectivity index (χ3n) is 3.55. The number of benzene rings is 1. The van der Waals surface area contributed by atoms with Gasteiger partial charge in [-0.2, -0.15) is 13.2 Å². The topological polar surface area (TPSA) is 15.3 Å². The van der Waals surface area contributed by atoms with E-state index >= 15 is 0 Å². The van der Waals surface area contributed by atoms with Crippen LogP contribution in [0.5, 0.6) is 0 Å². The molecule has 112 valence electrons. The third-order valence-corrected chi connectivity index (χ3v) is 3.55. The Hall–Kier alpha value is -1.14. The summed E-state index contributed by atoms with van der Waals surface area (Å²) in [5.41, 5.74) is 0.748. The van der Waals surface area contributed by atoms with Gasteiger partial charge in [0.15, 0.2) is 0 Å². The van der Waals surface area contributed by atoms with Gasteiger partial charge in [0.2, 0.25) is 0 Å². The van der Waals surface area contributed by atoms with E-state index in [1.54, 1.807) is 12.1 Å². The van der Waals surface area contributed by atoms with Gasteiger partial charge in [-0.25, -0.2) is 4.39 Å². The van der Waals surface area contributed by atoms with Crippen LogP contribution in [0.25, 0.3) is 0 Å². The van der Waals surface area contributed by atoms with Crippen molar-refractivity contribution in [2.45, 2.75) is 25.1 Å². The summed E-state index contributed by atoms with van der Waals surface area (Å²) < 4.78 is 50.4. The molecule has 1 aromatic rings. The summed E-state index contributed by atoms with van der Waals surface area (Å²) >= 11 is 0. The van der Waals surface area contributed by atoms with Crippen molar-refractivity contribution >= 4 is 0 Å². The molecule has 6 heteroatoms. The van der Waals surface area contributed by atoms with Crippen molar-refractivity contribution in [2.75, 3.05) is 26.2 Å². The Morgan fingerprint density at radius 1 is 1.10 bits per heavy atom. The van der Waals surface area contributed by atoms with E-state index in [1.807, 2.05) is 4.90 Å². The highest BCUT2D eigenvalue weighted by Crippen LogP contribution is 2.31. The minimum Gasteiger partial charge on any atom is -0.314 e. The van der Waals surface area contributed by atoms with E-state index in [2.05, 4.69) is 5.32 Å². The zero-order chi connectivity index (χ0) is 14.6. The van der Waals surface area contributed by atoms with Crippen LogP contribution in [0, 0.1) is 5.82 Å². The summed E-state index contributed by atoms with van der Waals surface area (Å²) in [6.07, 6.45) is -4.97. The van der Waals surface area contributed by atoms with Gasteiger partial charge in [0.25, 0.3) is 0 Å². The lowest BCUT2D eigenvalue weighted by atomic mass is 9.99. The molecule has 1 saturated heterocycles. The predicted octanol–water partition coefficient (Wildman–Crippen LogP) is 3.11. The fourth-order valence-corrected chi connectivity index (χ4v) is 2.54. The molecule has 1 atom stereocenters. The number of nitrogens with one attached hydrogen (secondary N) is 1. The van der Waals surface area contributed by atoms with E-state index in [0.29, 0.717) is 13.1 Å². The smallest absolute Gasteiger partial charge is 0.314 e. The molecule has 0 unspecified atom stereocenters. The molecule has 1 aliphatic heterocycles. The van der Waals surface area contributed by atoms with Crippen molar-refractivity contribution in [3.05, 3.63) is 35.6 Å². The second kappa shape index (κ2) is 6.54.